The van der Waals surface area contributed by atoms with E-state index in [0.29, 0.717) is 58.8 Å². The van der Waals surface area contributed by atoms with Crippen LogP contribution >= 0.6 is 0 Å². The van der Waals surface area contributed by atoms with Gasteiger partial charge < -0.3 is 35.3 Å². The minimum Gasteiger partial charge on any atom is -0.493 e. The zero-order valence-electron chi connectivity index (χ0n) is 26.9. The van der Waals surface area contributed by atoms with E-state index in [1.54, 1.807) is 49.6 Å². The first kappa shape index (κ1) is 33.8. The maximum atomic E-state index is 13.8. The summed E-state index contributed by atoms with van der Waals surface area (Å²) in [5, 5.41) is 18.6. The number of methoxy groups -OCH3 is 3. The van der Waals surface area contributed by atoms with Gasteiger partial charge in [-0.2, -0.15) is 0 Å². The van der Waals surface area contributed by atoms with Gasteiger partial charge in [0.25, 0.3) is 0 Å². The Balaban J connectivity index is 1.83. The molecule has 3 atom stereocenters. The van der Waals surface area contributed by atoms with E-state index in [9.17, 15) is 24.3 Å². The molecule has 0 saturated heterocycles. The highest BCUT2D eigenvalue weighted by Gasteiger charge is 2.31. The van der Waals surface area contributed by atoms with E-state index in [4.69, 9.17) is 14.2 Å². The largest absolute Gasteiger partial charge is 0.493 e. The monoisotopic (exact) mass is 631 g/mol. The topological polar surface area (TPSA) is 152 Å². The SMILES string of the molecule is COc1cc2c(c(OC)c1OC)-c1ccc(N[C@@H](CC(C)C)C(=O)N[C@H](C(=O)O)c3ccccc3)c(=O)cc1[C@@H](NC(C)=O)CC2. The molecule has 0 radical (unpaired) electrons. The number of aliphatic carboxylic acids is 1. The highest BCUT2D eigenvalue weighted by Crippen LogP contribution is 2.50. The smallest absolute Gasteiger partial charge is 0.330 e. The van der Waals surface area contributed by atoms with Gasteiger partial charge in [-0.05, 0) is 65.6 Å². The third kappa shape index (κ3) is 7.42. The Morgan fingerprint density at radius 3 is 2.24 bits per heavy atom. The number of carbonyl (C=O) groups is 3. The molecule has 0 unspecified atom stereocenters. The number of fused-ring (bicyclic) bond motifs is 3. The Morgan fingerprint density at radius 1 is 0.957 bits per heavy atom. The van der Waals surface area contributed by atoms with Gasteiger partial charge in [-0.1, -0.05) is 50.2 Å². The summed E-state index contributed by atoms with van der Waals surface area (Å²) in [5.41, 5.74) is 2.98. The fourth-order valence-electron chi connectivity index (χ4n) is 5.89. The molecule has 3 aromatic carbocycles. The Morgan fingerprint density at radius 2 is 1.65 bits per heavy atom. The van der Waals surface area contributed by atoms with Gasteiger partial charge in [0, 0.05) is 12.5 Å². The lowest BCUT2D eigenvalue weighted by molar-refractivity contribution is -0.142. The summed E-state index contributed by atoms with van der Waals surface area (Å²) in [6.45, 7) is 5.29. The number of ether oxygens (including phenoxy) is 3. The van der Waals surface area contributed by atoms with Crippen molar-refractivity contribution in [3.63, 3.8) is 0 Å². The lowest BCUT2D eigenvalue weighted by Gasteiger charge is -2.23. The highest BCUT2D eigenvalue weighted by atomic mass is 16.5. The van der Waals surface area contributed by atoms with Gasteiger partial charge in [-0.15, -0.1) is 0 Å². The van der Waals surface area contributed by atoms with Crippen molar-refractivity contribution in [2.24, 2.45) is 5.92 Å². The average Bonchev–Trinajstić information content (AvgIpc) is 3.26. The second-order valence-electron chi connectivity index (χ2n) is 11.6. The van der Waals surface area contributed by atoms with E-state index >= 15 is 0 Å². The Bertz CT molecular complexity index is 1660. The van der Waals surface area contributed by atoms with Crippen LogP contribution in [0.15, 0.2) is 59.4 Å². The van der Waals surface area contributed by atoms with Gasteiger partial charge in [-0.3, -0.25) is 14.4 Å². The van der Waals surface area contributed by atoms with Gasteiger partial charge in [0.1, 0.15) is 6.04 Å². The number of nitrogens with one attached hydrogen (secondary N) is 3. The molecule has 0 fully saturated rings. The molecule has 0 heterocycles. The third-order valence-electron chi connectivity index (χ3n) is 7.94. The van der Waals surface area contributed by atoms with Gasteiger partial charge >= 0.3 is 5.97 Å². The van der Waals surface area contributed by atoms with E-state index in [1.165, 1.54) is 27.2 Å². The predicted octanol–water partition coefficient (Wildman–Crippen LogP) is 4.63. The van der Waals surface area contributed by atoms with Gasteiger partial charge in [0.2, 0.25) is 23.0 Å². The van der Waals surface area contributed by atoms with Crippen LogP contribution < -0.4 is 35.6 Å². The van der Waals surface area contributed by atoms with Crippen LogP contribution in [0.25, 0.3) is 11.1 Å². The molecular weight excluding hydrogens is 590 g/mol. The van der Waals surface area contributed by atoms with E-state index in [0.717, 1.165) is 5.56 Å². The molecule has 0 aliphatic heterocycles. The first-order valence-electron chi connectivity index (χ1n) is 15.1. The van der Waals surface area contributed by atoms with Crippen LogP contribution in [0.1, 0.15) is 62.4 Å². The molecule has 0 bridgehead atoms. The number of anilines is 1. The molecule has 11 heteroatoms. The third-order valence-corrected chi connectivity index (χ3v) is 7.94. The number of carboxylic acids is 1. The van der Waals surface area contributed by atoms with Crippen LogP contribution in [0.2, 0.25) is 0 Å². The van der Waals surface area contributed by atoms with E-state index in [1.807, 2.05) is 19.9 Å². The number of aryl methyl sites for hydroxylation is 1. The molecule has 11 nitrogen and oxygen atoms in total. The molecule has 1 aliphatic rings. The first-order valence-corrected chi connectivity index (χ1v) is 15.1. The normalized spacial score (nSPS) is 14.9. The molecule has 0 aromatic heterocycles. The second-order valence-corrected chi connectivity index (χ2v) is 11.6. The van der Waals surface area contributed by atoms with Gasteiger partial charge in [0.05, 0.1) is 33.1 Å². The second kappa shape index (κ2) is 14.8. The van der Waals surface area contributed by atoms with Crippen LogP contribution in [0.5, 0.6) is 17.2 Å². The lowest BCUT2D eigenvalue weighted by atomic mass is 9.95. The van der Waals surface area contributed by atoms with Crippen molar-refractivity contribution in [3.05, 3.63) is 81.5 Å². The van der Waals surface area contributed by atoms with Crippen LogP contribution in [0.4, 0.5) is 5.69 Å². The molecule has 0 saturated carbocycles. The Labute approximate surface area is 268 Å². The zero-order chi connectivity index (χ0) is 33.5. The lowest BCUT2D eigenvalue weighted by Crippen LogP contribution is -2.44. The fraction of sp³-hybridized carbons (Fsp3) is 0.371. The molecule has 46 heavy (non-hydrogen) atoms. The maximum absolute atomic E-state index is 13.8. The summed E-state index contributed by atoms with van der Waals surface area (Å²) < 4.78 is 17.1. The standard InChI is InChI=1S/C35H41N3O8/c1-19(2)16-27(34(41)38-31(35(42)43)21-10-8-7-9-11-21)37-26-15-13-23-24(18-28(26)40)25(36-20(3)39)14-12-22-17-29(44-4)32(45-5)33(46-6)30(22)23/h7-11,13,15,17-19,25,27,31H,12,14,16H2,1-6H3,(H,36,39)(H,37,40)(H,38,41)(H,42,43)/t25-,27-,31-/m0/s1. The first-order chi connectivity index (χ1) is 22.0. The number of hydrogen-bond donors (Lipinski definition) is 4. The molecule has 3 aromatic rings. The molecule has 4 N–H and O–H groups in total. The number of hydrogen-bond acceptors (Lipinski definition) is 8. The molecule has 4 rings (SSSR count). The zero-order valence-corrected chi connectivity index (χ0v) is 26.9. The molecule has 1 aliphatic carbocycles. The number of rotatable bonds is 12. The number of carbonyl (C=O) groups excluding carboxylic acids is 2. The van der Waals surface area contributed by atoms with Crippen molar-refractivity contribution in [1.82, 2.24) is 10.6 Å². The summed E-state index contributed by atoms with van der Waals surface area (Å²) >= 11 is 0. The van der Waals surface area contributed by atoms with Gasteiger partial charge in [-0.25, -0.2) is 4.79 Å². The quantitative estimate of drug-likeness (QED) is 0.224. The Kier molecular flexibility index (Phi) is 10.9. The highest BCUT2D eigenvalue weighted by molar-refractivity contribution is 5.90. The number of carboxylic acid groups (broad SMARTS) is 1. The summed E-state index contributed by atoms with van der Waals surface area (Å²) in [6.07, 6.45) is 1.38. The van der Waals surface area contributed by atoms with Crippen LogP contribution in [0, 0.1) is 5.92 Å². The van der Waals surface area contributed by atoms with Crippen molar-refractivity contribution in [2.45, 2.75) is 58.2 Å². The van der Waals surface area contributed by atoms with Crippen molar-refractivity contribution >= 4 is 23.5 Å². The predicted molar refractivity (Wildman–Crippen MR) is 175 cm³/mol. The maximum Gasteiger partial charge on any atom is 0.330 e. The van der Waals surface area contributed by atoms with Crippen LogP contribution in [0.3, 0.4) is 0 Å². The number of benzene rings is 2. The van der Waals surface area contributed by atoms with Crippen LogP contribution in [-0.2, 0) is 20.8 Å². The van der Waals surface area contributed by atoms with E-state index in [-0.39, 0.29) is 17.5 Å². The van der Waals surface area contributed by atoms with Crippen molar-refractivity contribution < 1.29 is 33.7 Å². The van der Waals surface area contributed by atoms with Crippen molar-refractivity contribution in [3.8, 4) is 28.4 Å². The summed E-state index contributed by atoms with van der Waals surface area (Å²) in [5.74, 6) is -0.671. The van der Waals surface area contributed by atoms with Gasteiger partial charge in [0.15, 0.2) is 17.5 Å². The molecular formula is C35H41N3O8. The molecule has 0 spiro atoms. The summed E-state index contributed by atoms with van der Waals surface area (Å²) in [7, 11) is 4.58. The summed E-state index contributed by atoms with van der Waals surface area (Å²) in [4.78, 5) is 51.8. The Hall–Kier alpha value is -5.06. The molecule has 2 amide bonds. The number of amides is 2. The van der Waals surface area contributed by atoms with E-state index < -0.39 is 35.4 Å². The minimum atomic E-state index is -1.27. The average molecular weight is 632 g/mol. The minimum absolute atomic E-state index is 0.0373. The van der Waals surface area contributed by atoms with Crippen molar-refractivity contribution in [1.29, 1.82) is 0 Å². The molecule has 244 valence electrons. The van der Waals surface area contributed by atoms with E-state index in [2.05, 4.69) is 16.0 Å². The fourth-order valence-corrected chi connectivity index (χ4v) is 5.89. The van der Waals surface area contributed by atoms with Crippen molar-refractivity contribution in [2.75, 3.05) is 26.6 Å². The van der Waals surface area contributed by atoms with Crippen LogP contribution in [-0.4, -0.2) is 50.3 Å². The summed E-state index contributed by atoms with van der Waals surface area (Å²) in [6, 6.07) is 12.4.